The molecule has 1 unspecified atom stereocenters. The zero-order valence-electron chi connectivity index (χ0n) is 9.33. The van der Waals surface area contributed by atoms with Crippen molar-refractivity contribution in [2.45, 2.75) is 39.2 Å². The van der Waals surface area contributed by atoms with Gasteiger partial charge in [-0.15, -0.1) is 0 Å². The quantitative estimate of drug-likeness (QED) is 0.640. The Balaban J connectivity index is 2.57. The normalized spacial score (nSPS) is 23.5. The Hall–Kier alpha value is -0.570. The summed E-state index contributed by atoms with van der Waals surface area (Å²) >= 11 is 0. The molecule has 1 fully saturated rings. The molecule has 0 aliphatic carbocycles. The van der Waals surface area contributed by atoms with E-state index in [4.69, 9.17) is 0 Å². The first-order valence-electron chi connectivity index (χ1n) is 5.56. The van der Waals surface area contributed by atoms with Crippen LogP contribution in [0.4, 0.5) is 0 Å². The third kappa shape index (κ3) is 2.47. The SMILES string of the molecule is [CH2-]N1CCCCC1C(=O)N(CC)CC. The fraction of sp³-hybridized carbons (Fsp3) is 0.818. The van der Waals surface area contributed by atoms with E-state index >= 15 is 0 Å². The van der Waals surface area contributed by atoms with Crippen molar-refractivity contribution in [3.8, 4) is 0 Å². The van der Waals surface area contributed by atoms with Crippen LogP contribution in [0.25, 0.3) is 0 Å². The molecule has 0 bridgehead atoms. The van der Waals surface area contributed by atoms with Crippen LogP contribution in [0, 0.1) is 7.05 Å². The van der Waals surface area contributed by atoms with Crippen molar-refractivity contribution in [3.63, 3.8) is 0 Å². The van der Waals surface area contributed by atoms with E-state index < -0.39 is 0 Å². The maximum Gasteiger partial charge on any atom is 0.237 e. The van der Waals surface area contributed by atoms with Crippen molar-refractivity contribution in [1.29, 1.82) is 0 Å². The first-order chi connectivity index (χ1) is 6.70. The fourth-order valence-corrected chi connectivity index (χ4v) is 2.02. The van der Waals surface area contributed by atoms with Gasteiger partial charge in [-0.25, -0.2) is 0 Å². The van der Waals surface area contributed by atoms with Gasteiger partial charge in [-0.05, 0) is 33.2 Å². The van der Waals surface area contributed by atoms with Gasteiger partial charge in [-0.1, -0.05) is 6.42 Å². The lowest BCUT2D eigenvalue weighted by molar-refractivity contribution is -0.136. The average molecular weight is 197 g/mol. The highest BCUT2D eigenvalue weighted by molar-refractivity contribution is 5.82. The minimum absolute atomic E-state index is 0.0312. The second-order valence-electron chi connectivity index (χ2n) is 3.83. The largest absolute Gasteiger partial charge is 0.449 e. The van der Waals surface area contributed by atoms with Gasteiger partial charge in [0.2, 0.25) is 5.91 Å². The molecule has 1 amide bonds. The summed E-state index contributed by atoms with van der Waals surface area (Å²) in [6, 6.07) is 0.0312. The molecule has 0 aromatic heterocycles. The van der Waals surface area contributed by atoms with E-state index in [2.05, 4.69) is 7.05 Å². The van der Waals surface area contributed by atoms with Crippen LogP contribution in [0.1, 0.15) is 33.1 Å². The third-order valence-electron chi connectivity index (χ3n) is 2.97. The monoisotopic (exact) mass is 197 g/mol. The molecule has 0 aromatic carbocycles. The molecule has 1 atom stereocenters. The first kappa shape index (κ1) is 11.5. The number of piperidine rings is 1. The van der Waals surface area contributed by atoms with Crippen molar-refractivity contribution in [2.75, 3.05) is 19.6 Å². The molecule has 0 N–H and O–H groups in total. The number of likely N-dealkylation sites (tertiary alicyclic amines) is 1. The summed E-state index contributed by atoms with van der Waals surface area (Å²) in [5, 5.41) is 0. The summed E-state index contributed by atoms with van der Waals surface area (Å²) in [7, 11) is 3.94. The van der Waals surface area contributed by atoms with Crippen molar-refractivity contribution in [1.82, 2.24) is 9.80 Å². The number of nitrogens with zero attached hydrogens (tertiary/aromatic N) is 2. The Morgan fingerprint density at radius 3 is 2.57 bits per heavy atom. The van der Waals surface area contributed by atoms with E-state index in [0.29, 0.717) is 0 Å². The molecule has 3 heteroatoms. The topological polar surface area (TPSA) is 23.6 Å². The Bertz CT molecular complexity index is 190. The zero-order chi connectivity index (χ0) is 10.6. The Morgan fingerprint density at radius 2 is 2.07 bits per heavy atom. The predicted molar refractivity (Wildman–Crippen MR) is 57.6 cm³/mol. The molecule has 0 radical (unpaired) electrons. The van der Waals surface area contributed by atoms with Crippen molar-refractivity contribution in [3.05, 3.63) is 7.05 Å². The summed E-state index contributed by atoms with van der Waals surface area (Å²) in [6.07, 6.45) is 3.30. The number of carbonyl (C=O) groups excluding carboxylic acids is 1. The van der Waals surface area contributed by atoms with Gasteiger partial charge in [0.15, 0.2) is 0 Å². The minimum Gasteiger partial charge on any atom is -0.449 e. The maximum atomic E-state index is 12.0. The van der Waals surface area contributed by atoms with Crippen LogP contribution in [-0.2, 0) is 4.79 Å². The number of rotatable bonds is 3. The number of hydrogen-bond donors (Lipinski definition) is 0. The van der Waals surface area contributed by atoms with Gasteiger partial charge >= 0.3 is 0 Å². The van der Waals surface area contributed by atoms with Crippen LogP contribution in [-0.4, -0.2) is 41.4 Å². The van der Waals surface area contributed by atoms with Crippen molar-refractivity contribution >= 4 is 5.91 Å². The van der Waals surface area contributed by atoms with E-state index in [9.17, 15) is 4.79 Å². The van der Waals surface area contributed by atoms with E-state index in [-0.39, 0.29) is 11.9 Å². The molecule has 14 heavy (non-hydrogen) atoms. The molecule has 1 heterocycles. The lowest BCUT2D eigenvalue weighted by Crippen LogP contribution is -2.48. The van der Waals surface area contributed by atoms with Gasteiger partial charge in [-0.3, -0.25) is 11.8 Å². The van der Waals surface area contributed by atoms with Crippen LogP contribution in [0.2, 0.25) is 0 Å². The summed E-state index contributed by atoms with van der Waals surface area (Å²) in [5.41, 5.74) is 0. The van der Waals surface area contributed by atoms with Crippen LogP contribution in [0.5, 0.6) is 0 Å². The highest BCUT2D eigenvalue weighted by Crippen LogP contribution is 2.17. The van der Waals surface area contributed by atoms with Gasteiger partial charge < -0.3 is 9.80 Å². The predicted octanol–water partition coefficient (Wildman–Crippen LogP) is 1.50. The standard InChI is InChI=1S/C11H21N2O/c1-4-13(5-2)11(14)10-8-6-7-9-12(10)3/h10H,3-9H2,1-2H3/q-1. The van der Waals surface area contributed by atoms with E-state index in [1.54, 1.807) is 0 Å². The van der Waals surface area contributed by atoms with Crippen molar-refractivity contribution < 1.29 is 4.79 Å². The molecule has 1 aliphatic rings. The first-order valence-corrected chi connectivity index (χ1v) is 5.56. The molecule has 0 spiro atoms. The zero-order valence-corrected chi connectivity index (χ0v) is 9.33. The second kappa shape index (κ2) is 5.35. The van der Waals surface area contributed by atoms with Gasteiger partial charge in [0, 0.05) is 13.1 Å². The molecule has 0 aromatic rings. The molecule has 0 saturated carbocycles. The van der Waals surface area contributed by atoms with E-state index in [1.165, 1.54) is 6.42 Å². The highest BCUT2D eigenvalue weighted by atomic mass is 16.2. The fourth-order valence-electron chi connectivity index (χ4n) is 2.02. The van der Waals surface area contributed by atoms with Gasteiger partial charge in [0.25, 0.3) is 0 Å². The summed E-state index contributed by atoms with van der Waals surface area (Å²) in [5.74, 6) is 0.254. The van der Waals surface area contributed by atoms with Crippen LogP contribution in [0.3, 0.4) is 0 Å². The molecular formula is C11H21N2O-. The third-order valence-corrected chi connectivity index (χ3v) is 2.97. The lowest BCUT2D eigenvalue weighted by Gasteiger charge is -2.40. The average Bonchev–Trinajstić information content (AvgIpc) is 2.20. The van der Waals surface area contributed by atoms with Crippen LogP contribution in [0.15, 0.2) is 0 Å². The summed E-state index contributed by atoms with van der Waals surface area (Å²) < 4.78 is 0. The summed E-state index contributed by atoms with van der Waals surface area (Å²) in [6.45, 7) is 6.62. The lowest BCUT2D eigenvalue weighted by atomic mass is 10.0. The van der Waals surface area contributed by atoms with Crippen LogP contribution < -0.4 is 0 Å². The number of carbonyl (C=O) groups is 1. The molecular weight excluding hydrogens is 176 g/mol. The van der Waals surface area contributed by atoms with E-state index in [0.717, 1.165) is 32.5 Å². The smallest absolute Gasteiger partial charge is 0.237 e. The maximum absolute atomic E-state index is 12.0. The molecule has 1 aliphatic heterocycles. The second-order valence-corrected chi connectivity index (χ2v) is 3.83. The van der Waals surface area contributed by atoms with Gasteiger partial charge in [0.05, 0.1) is 6.04 Å². The van der Waals surface area contributed by atoms with Crippen LogP contribution >= 0.6 is 0 Å². The number of hydrogen-bond acceptors (Lipinski definition) is 2. The van der Waals surface area contributed by atoms with E-state index in [1.807, 2.05) is 23.6 Å². The summed E-state index contributed by atoms with van der Waals surface area (Å²) in [4.78, 5) is 15.9. The molecule has 82 valence electrons. The van der Waals surface area contributed by atoms with Gasteiger partial charge in [0.1, 0.15) is 0 Å². The Labute approximate surface area is 87.1 Å². The molecule has 1 saturated heterocycles. The number of likely N-dealkylation sites (N-methyl/N-ethyl adjacent to an activating group) is 1. The molecule has 1 rings (SSSR count). The minimum atomic E-state index is 0.0312. The molecule has 3 nitrogen and oxygen atoms in total. The van der Waals surface area contributed by atoms with Gasteiger partial charge in [-0.2, -0.15) is 0 Å². The Kier molecular flexibility index (Phi) is 4.39. The number of amides is 1. The highest BCUT2D eigenvalue weighted by Gasteiger charge is 2.25. The van der Waals surface area contributed by atoms with Crippen molar-refractivity contribution in [2.24, 2.45) is 0 Å². The Morgan fingerprint density at radius 1 is 1.43 bits per heavy atom.